The molecule has 2 aromatic carbocycles. The van der Waals surface area contributed by atoms with Crippen LogP contribution in [0.3, 0.4) is 0 Å². The maximum absolute atomic E-state index is 13.8. The van der Waals surface area contributed by atoms with E-state index in [0.717, 1.165) is 22.0 Å². The highest BCUT2D eigenvalue weighted by Crippen LogP contribution is 2.27. The molecule has 106 valence electrons. The lowest BCUT2D eigenvalue weighted by atomic mass is 9.96. The lowest BCUT2D eigenvalue weighted by Gasteiger charge is -2.14. The molecule has 1 N–H and O–H groups in total. The highest BCUT2D eigenvalue weighted by Gasteiger charge is 2.16. The van der Waals surface area contributed by atoms with Gasteiger partial charge in [-0.3, -0.25) is 0 Å². The lowest BCUT2D eigenvalue weighted by molar-refractivity contribution is 0.214. The molecule has 0 bridgehead atoms. The zero-order valence-corrected chi connectivity index (χ0v) is 13.2. The fraction of sp³-hybridized carbons (Fsp3) is 0.294. The van der Waals surface area contributed by atoms with Crippen molar-refractivity contribution in [2.45, 2.75) is 26.4 Å². The van der Waals surface area contributed by atoms with Crippen molar-refractivity contribution < 1.29 is 9.50 Å². The Kier molecular flexibility index (Phi) is 4.95. The van der Waals surface area contributed by atoms with Crippen molar-refractivity contribution in [3.05, 3.63) is 69.4 Å². The van der Waals surface area contributed by atoms with Gasteiger partial charge in [0.2, 0.25) is 0 Å². The minimum absolute atomic E-state index is 0.293. The Hall–Kier alpha value is -1.19. The quantitative estimate of drug-likeness (QED) is 0.844. The Balaban J connectivity index is 2.33. The van der Waals surface area contributed by atoms with E-state index < -0.39 is 11.9 Å². The molecule has 0 heterocycles. The van der Waals surface area contributed by atoms with E-state index in [4.69, 9.17) is 0 Å². The molecule has 0 saturated carbocycles. The van der Waals surface area contributed by atoms with Crippen LogP contribution in [-0.4, -0.2) is 5.11 Å². The fourth-order valence-electron chi connectivity index (χ4n) is 2.27. The van der Waals surface area contributed by atoms with Gasteiger partial charge in [0.05, 0.1) is 0 Å². The third-order valence-electron chi connectivity index (χ3n) is 3.16. The molecule has 3 heteroatoms. The highest BCUT2D eigenvalue weighted by molar-refractivity contribution is 9.10. The standard InChI is InChI=1S/C17H18BrFO/c1-11(2)8-12-4-3-5-13(9-12)17(20)15-10-14(18)6-7-16(15)19/h3-7,9-11,17,20H,8H2,1-2H3. The van der Waals surface area contributed by atoms with Crippen LogP contribution in [0.15, 0.2) is 46.9 Å². The first kappa shape index (κ1) is 15.2. The van der Waals surface area contributed by atoms with Gasteiger partial charge in [0.15, 0.2) is 0 Å². The largest absolute Gasteiger partial charge is 0.384 e. The van der Waals surface area contributed by atoms with Crippen molar-refractivity contribution in [3.8, 4) is 0 Å². The van der Waals surface area contributed by atoms with Crippen molar-refractivity contribution in [3.63, 3.8) is 0 Å². The smallest absolute Gasteiger partial charge is 0.129 e. The molecule has 0 amide bonds. The molecule has 0 fully saturated rings. The second-order valence-electron chi connectivity index (χ2n) is 5.41. The molecule has 1 atom stereocenters. The van der Waals surface area contributed by atoms with Crippen molar-refractivity contribution in [2.24, 2.45) is 5.92 Å². The molecule has 0 aliphatic rings. The molecular formula is C17H18BrFO. The molecular weight excluding hydrogens is 319 g/mol. The van der Waals surface area contributed by atoms with Gasteiger partial charge in [-0.1, -0.05) is 54.0 Å². The number of aliphatic hydroxyl groups is 1. The number of rotatable bonds is 4. The lowest BCUT2D eigenvalue weighted by Crippen LogP contribution is -2.04. The molecule has 0 saturated heterocycles. The predicted molar refractivity (Wildman–Crippen MR) is 83.1 cm³/mol. The molecule has 2 aromatic rings. The summed E-state index contributed by atoms with van der Waals surface area (Å²) in [4.78, 5) is 0. The Bertz CT molecular complexity index is 595. The summed E-state index contributed by atoms with van der Waals surface area (Å²) in [7, 11) is 0. The van der Waals surface area contributed by atoms with Crippen LogP contribution in [0.25, 0.3) is 0 Å². The van der Waals surface area contributed by atoms with Crippen LogP contribution in [0.1, 0.15) is 36.6 Å². The monoisotopic (exact) mass is 336 g/mol. The van der Waals surface area contributed by atoms with E-state index in [-0.39, 0.29) is 0 Å². The zero-order valence-electron chi connectivity index (χ0n) is 11.6. The highest BCUT2D eigenvalue weighted by atomic mass is 79.9. The molecule has 0 spiro atoms. The van der Waals surface area contributed by atoms with Crippen molar-refractivity contribution in [1.82, 2.24) is 0 Å². The van der Waals surface area contributed by atoms with Crippen LogP contribution in [0, 0.1) is 11.7 Å². The van der Waals surface area contributed by atoms with Crippen LogP contribution >= 0.6 is 15.9 Å². The van der Waals surface area contributed by atoms with Crippen molar-refractivity contribution in [1.29, 1.82) is 0 Å². The van der Waals surface area contributed by atoms with E-state index in [1.807, 2.05) is 24.3 Å². The number of benzene rings is 2. The van der Waals surface area contributed by atoms with Gasteiger partial charge in [-0.05, 0) is 41.7 Å². The van der Waals surface area contributed by atoms with Crippen LogP contribution < -0.4 is 0 Å². The van der Waals surface area contributed by atoms with Crippen LogP contribution in [-0.2, 0) is 6.42 Å². The van der Waals surface area contributed by atoms with Crippen LogP contribution in [0.5, 0.6) is 0 Å². The molecule has 0 aromatic heterocycles. The van der Waals surface area contributed by atoms with Gasteiger partial charge in [-0.15, -0.1) is 0 Å². The van der Waals surface area contributed by atoms with E-state index in [2.05, 4.69) is 29.8 Å². The van der Waals surface area contributed by atoms with Gasteiger partial charge in [0, 0.05) is 10.0 Å². The van der Waals surface area contributed by atoms with Crippen molar-refractivity contribution in [2.75, 3.05) is 0 Å². The average molecular weight is 337 g/mol. The second-order valence-corrected chi connectivity index (χ2v) is 6.33. The van der Waals surface area contributed by atoms with Crippen molar-refractivity contribution >= 4 is 15.9 Å². The summed E-state index contributed by atoms with van der Waals surface area (Å²) in [5.74, 6) is 0.153. The third kappa shape index (κ3) is 3.68. The molecule has 1 nitrogen and oxygen atoms in total. The molecule has 2 rings (SSSR count). The number of hydrogen-bond donors (Lipinski definition) is 1. The second kappa shape index (κ2) is 6.51. The SMILES string of the molecule is CC(C)Cc1cccc(C(O)c2cc(Br)ccc2F)c1. The topological polar surface area (TPSA) is 20.2 Å². The summed E-state index contributed by atoms with van der Waals surface area (Å²) in [6.07, 6.45) is 0.00116. The molecule has 0 aliphatic heterocycles. The summed E-state index contributed by atoms with van der Waals surface area (Å²) < 4.78 is 14.6. The number of hydrogen-bond acceptors (Lipinski definition) is 1. The van der Waals surface area contributed by atoms with E-state index in [1.165, 1.54) is 6.07 Å². The summed E-state index contributed by atoms with van der Waals surface area (Å²) in [5.41, 5.74) is 2.17. The fourth-order valence-corrected chi connectivity index (χ4v) is 2.64. The zero-order chi connectivity index (χ0) is 14.7. The first-order chi connectivity index (χ1) is 9.47. The van der Waals surface area contributed by atoms with Gasteiger partial charge in [0.1, 0.15) is 11.9 Å². The summed E-state index contributed by atoms with van der Waals surface area (Å²) >= 11 is 3.31. The van der Waals surface area contributed by atoms with E-state index in [9.17, 15) is 9.50 Å². The molecule has 20 heavy (non-hydrogen) atoms. The summed E-state index contributed by atoms with van der Waals surface area (Å²) in [6, 6.07) is 12.3. The third-order valence-corrected chi connectivity index (χ3v) is 3.66. The van der Waals surface area contributed by atoms with Crippen LogP contribution in [0.4, 0.5) is 4.39 Å². The number of aliphatic hydroxyl groups excluding tert-OH is 1. The van der Waals surface area contributed by atoms with Gasteiger partial charge >= 0.3 is 0 Å². The molecule has 0 radical (unpaired) electrons. The summed E-state index contributed by atoms with van der Waals surface area (Å²) in [5, 5.41) is 10.4. The first-order valence-corrected chi connectivity index (χ1v) is 7.48. The first-order valence-electron chi connectivity index (χ1n) is 6.69. The average Bonchev–Trinajstić information content (AvgIpc) is 2.40. The predicted octanol–water partition coefficient (Wildman–Crippen LogP) is 4.87. The Labute approximate surface area is 127 Å². The molecule has 1 unspecified atom stereocenters. The van der Waals surface area contributed by atoms with E-state index in [0.29, 0.717) is 11.5 Å². The van der Waals surface area contributed by atoms with Gasteiger partial charge in [-0.25, -0.2) is 4.39 Å². The molecule has 0 aliphatic carbocycles. The van der Waals surface area contributed by atoms with Gasteiger partial charge in [-0.2, -0.15) is 0 Å². The number of halogens is 2. The summed E-state index contributed by atoms with van der Waals surface area (Å²) in [6.45, 7) is 4.30. The van der Waals surface area contributed by atoms with Gasteiger partial charge < -0.3 is 5.11 Å². The van der Waals surface area contributed by atoms with Gasteiger partial charge in [0.25, 0.3) is 0 Å². The normalized spacial score (nSPS) is 12.7. The Morgan fingerprint density at radius 2 is 1.90 bits per heavy atom. The maximum atomic E-state index is 13.8. The Morgan fingerprint density at radius 1 is 1.15 bits per heavy atom. The minimum Gasteiger partial charge on any atom is -0.384 e. The van der Waals surface area contributed by atoms with Crippen LogP contribution in [0.2, 0.25) is 0 Å². The Morgan fingerprint density at radius 3 is 2.60 bits per heavy atom. The van der Waals surface area contributed by atoms with E-state index >= 15 is 0 Å². The maximum Gasteiger partial charge on any atom is 0.129 e. The minimum atomic E-state index is -0.945. The van der Waals surface area contributed by atoms with E-state index in [1.54, 1.807) is 12.1 Å².